The molecule has 7 nitrogen and oxygen atoms in total. The second-order valence-electron chi connectivity index (χ2n) is 4.87. The molecule has 0 aliphatic carbocycles. The first-order valence-electron chi connectivity index (χ1n) is 6.93. The van der Waals surface area contributed by atoms with Gasteiger partial charge in [-0.05, 0) is 24.3 Å². The third-order valence-electron chi connectivity index (χ3n) is 3.34. The quantitative estimate of drug-likeness (QED) is 0.844. The number of carbonyl (C=O) groups excluding carboxylic acids is 1. The summed E-state index contributed by atoms with van der Waals surface area (Å²) < 4.78 is 23.7. The van der Waals surface area contributed by atoms with Gasteiger partial charge in [0.15, 0.2) is 9.84 Å². The van der Waals surface area contributed by atoms with Gasteiger partial charge >= 0.3 is 5.97 Å². The fraction of sp³-hybridized carbons (Fsp3) is 0.125. The molecule has 0 unspecified atom stereocenters. The average molecular weight is 348 g/mol. The number of nitrogens with one attached hydrogen (secondary N) is 1. The molecule has 0 aliphatic rings. The summed E-state index contributed by atoms with van der Waals surface area (Å²) in [5.41, 5.74) is -0.581. The molecule has 2 aromatic rings. The van der Waals surface area contributed by atoms with Crippen LogP contribution < -0.4 is 10.4 Å². The van der Waals surface area contributed by atoms with Crippen LogP contribution in [0.5, 0.6) is 5.75 Å². The van der Waals surface area contributed by atoms with Gasteiger partial charge in [0.05, 0.1) is 21.8 Å². The largest absolute Gasteiger partial charge is 0.871 e. The van der Waals surface area contributed by atoms with Gasteiger partial charge in [0, 0.05) is 5.69 Å². The van der Waals surface area contributed by atoms with Crippen molar-refractivity contribution >= 4 is 27.4 Å². The number of carboxylic acid groups (broad SMARTS) is 1. The molecule has 0 radical (unpaired) electrons. The van der Waals surface area contributed by atoms with E-state index in [1.807, 2.05) is 0 Å². The number of benzene rings is 2. The maximum Gasteiger partial charge on any atom is 0.336 e. The summed E-state index contributed by atoms with van der Waals surface area (Å²) in [6.07, 6.45) is 0. The molecule has 2 aromatic carbocycles. The fourth-order valence-corrected chi connectivity index (χ4v) is 2.93. The summed E-state index contributed by atoms with van der Waals surface area (Å²) in [6.45, 7) is 1.46. The topological polar surface area (TPSA) is 124 Å². The van der Waals surface area contributed by atoms with E-state index in [2.05, 4.69) is 5.32 Å². The number of sulfone groups is 1. The van der Waals surface area contributed by atoms with E-state index in [1.165, 1.54) is 37.3 Å². The molecular weight excluding hydrogens is 334 g/mol. The summed E-state index contributed by atoms with van der Waals surface area (Å²) in [5.74, 6) is -2.83. The number of aromatic carboxylic acids is 1. The lowest BCUT2D eigenvalue weighted by Crippen LogP contribution is -2.17. The van der Waals surface area contributed by atoms with Crippen LogP contribution in [0.1, 0.15) is 27.6 Å². The molecule has 0 atom stereocenters. The van der Waals surface area contributed by atoms with Crippen LogP contribution in [-0.2, 0) is 9.84 Å². The van der Waals surface area contributed by atoms with Crippen molar-refractivity contribution in [2.45, 2.75) is 11.8 Å². The lowest BCUT2D eigenvalue weighted by Gasteiger charge is -2.16. The van der Waals surface area contributed by atoms with Crippen LogP contribution in [0.25, 0.3) is 0 Å². The lowest BCUT2D eigenvalue weighted by atomic mass is 10.1. The van der Waals surface area contributed by atoms with Crippen LogP contribution in [0, 0.1) is 0 Å². The van der Waals surface area contributed by atoms with Crippen molar-refractivity contribution in [3.63, 3.8) is 0 Å². The molecule has 2 rings (SSSR count). The van der Waals surface area contributed by atoms with Gasteiger partial charge < -0.3 is 15.5 Å². The summed E-state index contributed by atoms with van der Waals surface area (Å²) >= 11 is 0. The zero-order valence-corrected chi connectivity index (χ0v) is 13.5. The Hall–Kier alpha value is -2.87. The van der Waals surface area contributed by atoms with E-state index in [0.29, 0.717) is 0 Å². The molecule has 0 heterocycles. The van der Waals surface area contributed by atoms with E-state index in [4.69, 9.17) is 5.11 Å². The third-order valence-corrected chi connectivity index (χ3v) is 5.07. The molecule has 0 bridgehead atoms. The minimum Gasteiger partial charge on any atom is -0.871 e. The SMILES string of the molecule is CCS(=O)(=O)c1ccc([O-])c(NC(=O)c2ccccc2C(=O)O)c1. The van der Waals surface area contributed by atoms with E-state index in [1.54, 1.807) is 0 Å². The van der Waals surface area contributed by atoms with Gasteiger partial charge in [0.1, 0.15) is 0 Å². The summed E-state index contributed by atoms with van der Waals surface area (Å²) in [5, 5.41) is 23.2. The smallest absolute Gasteiger partial charge is 0.336 e. The van der Waals surface area contributed by atoms with E-state index in [-0.39, 0.29) is 27.5 Å². The van der Waals surface area contributed by atoms with E-state index < -0.39 is 27.5 Å². The molecule has 24 heavy (non-hydrogen) atoms. The van der Waals surface area contributed by atoms with Crippen molar-refractivity contribution in [2.75, 3.05) is 11.1 Å². The monoisotopic (exact) mass is 348 g/mol. The highest BCUT2D eigenvalue weighted by molar-refractivity contribution is 7.91. The number of carbonyl (C=O) groups is 2. The van der Waals surface area contributed by atoms with Gasteiger partial charge in [0.2, 0.25) is 0 Å². The van der Waals surface area contributed by atoms with Crippen LogP contribution in [0.4, 0.5) is 5.69 Å². The first-order valence-corrected chi connectivity index (χ1v) is 8.59. The van der Waals surface area contributed by atoms with E-state index in [0.717, 1.165) is 12.1 Å². The molecule has 126 valence electrons. The van der Waals surface area contributed by atoms with Gasteiger partial charge in [-0.25, -0.2) is 13.2 Å². The predicted octanol–water partition coefficient (Wildman–Crippen LogP) is 1.50. The van der Waals surface area contributed by atoms with Crippen molar-refractivity contribution in [3.8, 4) is 5.75 Å². The molecule has 0 fully saturated rings. The zero-order chi connectivity index (χ0) is 17.9. The third kappa shape index (κ3) is 3.54. The molecule has 2 N–H and O–H groups in total. The Bertz CT molecular complexity index is 905. The highest BCUT2D eigenvalue weighted by Gasteiger charge is 2.17. The van der Waals surface area contributed by atoms with Crippen molar-refractivity contribution < 1.29 is 28.2 Å². The van der Waals surface area contributed by atoms with Crippen LogP contribution >= 0.6 is 0 Å². The molecule has 0 spiro atoms. The summed E-state index contributed by atoms with van der Waals surface area (Å²) in [4.78, 5) is 23.3. The van der Waals surface area contributed by atoms with E-state index >= 15 is 0 Å². The number of amides is 1. The zero-order valence-electron chi connectivity index (χ0n) is 12.6. The Morgan fingerprint density at radius 2 is 1.75 bits per heavy atom. The van der Waals surface area contributed by atoms with Crippen molar-refractivity contribution in [3.05, 3.63) is 53.6 Å². The number of carboxylic acids is 1. The number of hydrogen-bond acceptors (Lipinski definition) is 5. The Morgan fingerprint density at radius 1 is 1.12 bits per heavy atom. The maximum absolute atomic E-state index is 12.3. The Kier molecular flexibility index (Phi) is 4.89. The summed E-state index contributed by atoms with van der Waals surface area (Å²) in [6, 6.07) is 8.79. The number of hydrogen-bond donors (Lipinski definition) is 2. The molecule has 1 amide bonds. The number of rotatable bonds is 5. The van der Waals surface area contributed by atoms with Gasteiger partial charge in [-0.3, -0.25) is 4.79 Å². The Morgan fingerprint density at radius 3 is 2.33 bits per heavy atom. The Balaban J connectivity index is 2.40. The van der Waals surface area contributed by atoms with Crippen LogP contribution in [0.2, 0.25) is 0 Å². The predicted molar refractivity (Wildman–Crippen MR) is 85.0 cm³/mol. The van der Waals surface area contributed by atoms with Gasteiger partial charge in [-0.15, -0.1) is 0 Å². The minimum absolute atomic E-state index is 0.0913. The number of anilines is 1. The average Bonchev–Trinajstić information content (AvgIpc) is 2.56. The standard InChI is InChI=1S/C16H15NO6S/c1-2-24(22,23)10-7-8-14(18)13(9-10)17-15(19)11-5-3-4-6-12(11)16(20)21/h3-9,18H,2H2,1H3,(H,17,19)(H,20,21)/p-1. The molecule has 0 aliphatic heterocycles. The minimum atomic E-state index is -3.54. The summed E-state index contributed by atoms with van der Waals surface area (Å²) in [7, 11) is -3.54. The second-order valence-corrected chi connectivity index (χ2v) is 7.14. The van der Waals surface area contributed by atoms with Crippen molar-refractivity contribution in [2.24, 2.45) is 0 Å². The van der Waals surface area contributed by atoms with E-state index in [9.17, 15) is 23.1 Å². The second kappa shape index (κ2) is 6.71. The van der Waals surface area contributed by atoms with Crippen LogP contribution in [0.15, 0.2) is 47.4 Å². The fourth-order valence-electron chi connectivity index (χ4n) is 2.02. The van der Waals surface area contributed by atoms with Crippen LogP contribution in [0.3, 0.4) is 0 Å². The maximum atomic E-state index is 12.3. The highest BCUT2D eigenvalue weighted by Crippen LogP contribution is 2.25. The lowest BCUT2D eigenvalue weighted by molar-refractivity contribution is -0.267. The highest BCUT2D eigenvalue weighted by atomic mass is 32.2. The van der Waals surface area contributed by atoms with Gasteiger partial charge in [0.25, 0.3) is 5.91 Å². The molecule has 0 saturated carbocycles. The molecular formula is C16H14NO6S-. The molecule has 0 aromatic heterocycles. The Labute approximate surface area is 138 Å². The van der Waals surface area contributed by atoms with Crippen LogP contribution in [-0.4, -0.2) is 31.2 Å². The van der Waals surface area contributed by atoms with Gasteiger partial charge in [-0.2, -0.15) is 0 Å². The first kappa shape index (κ1) is 17.5. The first-order chi connectivity index (χ1) is 11.3. The van der Waals surface area contributed by atoms with Gasteiger partial charge in [-0.1, -0.05) is 30.9 Å². The van der Waals surface area contributed by atoms with Crippen molar-refractivity contribution in [1.82, 2.24) is 0 Å². The normalized spacial score (nSPS) is 11.0. The van der Waals surface area contributed by atoms with Crippen molar-refractivity contribution in [1.29, 1.82) is 0 Å². The molecule has 0 saturated heterocycles. The molecule has 8 heteroatoms.